The molecule has 0 amide bonds. The number of carbonyl (C=O) groups is 1. The Bertz CT molecular complexity index is 137. The predicted octanol–water partition coefficient (Wildman–Crippen LogP) is 0.974. The van der Waals surface area contributed by atoms with Gasteiger partial charge in [0, 0.05) is 18.7 Å². The highest BCUT2D eigenvalue weighted by atomic mass is 16.3. The molecule has 0 rings (SSSR count). The molecule has 0 bridgehead atoms. The fraction of sp³-hybridized carbons (Fsp3) is 0.571. The maximum atomic E-state index is 9.84. The molecule has 0 aromatic carbocycles. The highest BCUT2D eigenvalue weighted by molar-refractivity contribution is 5.49. The fourth-order valence-electron chi connectivity index (χ4n) is 0.447. The van der Waals surface area contributed by atoms with Crippen molar-refractivity contribution in [3.8, 4) is 0 Å². The molecule has 0 spiro atoms. The molecular formula is C7H13NO2. The Morgan fingerprint density at radius 1 is 1.60 bits per heavy atom. The van der Waals surface area contributed by atoms with Gasteiger partial charge in [0.1, 0.15) is 12.0 Å². The lowest BCUT2D eigenvalue weighted by molar-refractivity contribution is -0.107. The lowest BCUT2D eigenvalue weighted by atomic mass is 10.4. The average Bonchev–Trinajstić information content (AvgIpc) is 1.88. The Labute approximate surface area is 60.7 Å². The van der Waals surface area contributed by atoms with Crippen LogP contribution in [0.4, 0.5) is 0 Å². The molecule has 3 heteroatoms. The third-order valence-electron chi connectivity index (χ3n) is 1.20. The van der Waals surface area contributed by atoms with Crippen molar-refractivity contribution in [3.63, 3.8) is 0 Å². The number of allylic oxidation sites excluding steroid dienone is 2. The summed E-state index contributed by atoms with van der Waals surface area (Å²) >= 11 is 0. The van der Waals surface area contributed by atoms with Crippen LogP contribution in [0.2, 0.25) is 0 Å². The SMILES string of the molecule is C/C(O)=C(/C)NCCC=O. The first kappa shape index (κ1) is 9.01. The second-order valence-electron chi connectivity index (χ2n) is 2.09. The van der Waals surface area contributed by atoms with Gasteiger partial charge in [-0.3, -0.25) is 0 Å². The Morgan fingerprint density at radius 3 is 2.60 bits per heavy atom. The van der Waals surface area contributed by atoms with E-state index >= 15 is 0 Å². The Kier molecular flexibility index (Phi) is 4.37. The molecule has 0 radical (unpaired) electrons. The lowest BCUT2D eigenvalue weighted by Gasteiger charge is -2.03. The summed E-state index contributed by atoms with van der Waals surface area (Å²) in [5, 5.41) is 11.7. The second kappa shape index (κ2) is 4.85. The molecule has 3 nitrogen and oxygen atoms in total. The molecule has 0 aromatic rings. The lowest BCUT2D eigenvalue weighted by Crippen LogP contribution is -2.14. The number of rotatable bonds is 4. The van der Waals surface area contributed by atoms with Gasteiger partial charge in [-0.25, -0.2) is 0 Å². The van der Waals surface area contributed by atoms with Crippen LogP contribution in [0, 0.1) is 0 Å². The number of nitrogens with one attached hydrogen (secondary N) is 1. The summed E-state index contributed by atoms with van der Waals surface area (Å²) in [5.74, 6) is 0.269. The van der Waals surface area contributed by atoms with Gasteiger partial charge in [0.05, 0.1) is 0 Å². The number of hydrogen-bond donors (Lipinski definition) is 2. The van der Waals surface area contributed by atoms with Crippen LogP contribution in [0.15, 0.2) is 11.5 Å². The fourth-order valence-corrected chi connectivity index (χ4v) is 0.447. The molecule has 2 N–H and O–H groups in total. The van der Waals surface area contributed by atoms with Crippen LogP contribution in [0.3, 0.4) is 0 Å². The highest BCUT2D eigenvalue weighted by Crippen LogP contribution is 1.92. The van der Waals surface area contributed by atoms with Crippen molar-refractivity contribution in [2.75, 3.05) is 6.54 Å². The minimum absolute atomic E-state index is 0.269. The zero-order valence-corrected chi connectivity index (χ0v) is 6.35. The molecule has 0 aliphatic rings. The van der Waals surface area contributed by atoms with Crippen molar-refractivity contribution in [1.29, 1.82) is 0 Å². The van der Waals surface area contributed by atoms with Crippen LogP contribution in [0.5, 0.6) is 0 Å². The molecule has 0 unspecified atom stereocenters. The van der Waals surface area contributed by atoms with Crippen molar-refractivity contribution in [2.45, 2.75) is 20.3 Å². The first-order chi connectivity index (χ1) is 4.68. The predicted molar refractivity (Wildman–Crippen MR) is 39.7 cm³/mol. The van der Waals surface area contributed by atoms with Crippen molar-refractivity contribution in [1.82, 2.24) is 5.32 Å². The third kappa shape index (κ3) is 3.95. The van der Waals surface area contributed by atoms with Gasteiger partial charge < -0.3 is 15.2 Å². The van der Waals surface area contributed by atoms with E-state index in [1.807, 2.05) is 0 Å². The molecule has 0 aliphatic heterocycles. The minimum Gasteiger partial charge on any atom is -0.511 e. The Morgan fingerprint density at radius 2 is 2.20 bits per heavy atom. The van der Waals surface area contributed by atoms with E-state index in [-0.39, 0.29) is 5.76 Å². The summed E-state index contributed by atoms with van der Waals surface area (Å²) < 4.78 is 0. The van der Waals surface area contributed by atoms with Gasteiger partial charge in [-0.05, 0) is 13.8 Å². The van der Waals surface area contributed by atoms with E-state index < -0.39 is 0 Å². The van der Waals surface area contributed by atoms with E-state index in [0.717, 1.165) is 12.0 Å². The van der Waals surface area contributed by atoms with Crippen LogP contribution >= 0.6 is 0 Å². The number of aldehydes is 1. The minimum atomic E-state index is 0.269. The summed E-state index contributed by atoms with van der Waals surface area (Å²) in [4.78, 5) is 9.84. The van der Waals surface area contributed by atoms with Gasteiger partial charge in [-0.1, -0.05) is 0 Å². The Hall–Kier alpha value is -0.990. The van der Waals surface area contributed by atoms with E-state index in [4.69, 9.17) is 5.11 Å². The van der Waals surface area contributed by atoms with E-state index in [1.165, 1.54) is 0 Å². The molecule has 0 heterocycles. The highest BCUT2D eigenvalue weighted by Gasteiger charge is 1.90. The van der Waals surface area contributed by atoms with Gasteiger partial charge in [0.25, 0.3) is 0 Å². The molecule has 0 fully saturated rings. The van der Waals surface area contributed by atoms with Gasteiger partial charge in [-0.2, -0.15) is 0 Å². The number of carbonyl (C=O) groups excluding carboxylic acids is 1. The Balaban J connectivity index is 3.49. The number of hydrogen-bond acceptors (Lipinski definition) is 3. The maximum Gasteiger partial charge on any atom is 0.121 e. The van der Waals surface area contributed by atoms with Gasteiger partial charge in [0.15, 0.2) is 0 Å². The summed E-state index contributed by atoms with van der Waals surface area (Å²) in [6.45, 7) is 3.95. The average molecular weight is 143 g/mol. The molecule has 0 atom stereocenters. The van der Waals surface area contributed by atoms with Crippen LogP contribution in [0.1, 0.15) is 20.3 Å². The summed E-state index contributed by atoms with van der Waals surface area (Å²) in [6.07, 6.45) is 1.32. The summed E-state index contributed by atoms with van der Waals surface area (Å²) in [7, 11) is 0. The van der Waals surface area contributed by atoms with Crippen molar-refractivity contribution < 1.29 is 9.90 Å². The van der Waals surface area contributed by atoms with Crippen LogP contribution < -0.4 is 5.32 Å². The van der Waals surface area contributed by atoms with E-state index in [0.29, 0.717) is 13.0 Å². The molecule has 10 heavy (non-hydrogen) atoms. The van der Waals surface area contributed by atoms with Crippen molar-refractivity contribution >= 4 is 6.29 Å². The molecule has 0 aromatic heterocycles. The van der Waals surface area contributed by atoms with Crippen LogP contribution in [0.25, 0.3) is 0 Å². The largest absolute Gasteiger partial charge is 0.511 e. The summed E-state index contributed by atoms with van der Waals surface area (Å²) in [5.41, 5.74) is 0.724. The van der Waals surface area contributed by atoms with E-state index in [2.05, 4.69) is 5.32 Å². The van der Waals surface area contributed by atoms with Crippen molar-refractivity contribution in [3.05, 3.63) is 11.5 Å². The first-order valence-corrected chi connectivity index (χ1v) is 3.22. The molecule has 58 valence electrons. The zero-order chi connectivity index (χ0) is 7.98. The molecule has 0 saturated heterocycles. The van der Waals surface area contributed by atoms with E-state index in [9.17, 15) is 4.79 Å². The smallest absolute Gasteiger partial charge is 0.121 e. The quantitative estimate of drug-likeness (QED) is 0.350. The summed E-state index contributed by atoms with van der Waals surface area (Å²) in [6, 6.07) is 0. The topological polar surface area (TPSA) is 49.3 Å². The van der Waals surface area contributed by atoms with Crippen molar-refractivity contribution in [2.24, 2.45) is 0 Å². The standard InChI is InChI=1S/C7H13NO2/c1-6(7(2)10)8-4-3-5-9/h5,8,10H,3-4H2,1-2H3/b7-6+. The van der Waals surface area contributed by atoms with Crippen LogP contribution in [-0.2, 0) is 4.79 Å². The van der Waals surface area contributed by atoms with Crippen LogP contribution in [-0.4, -0.2) is 17.9 Å². The monoisotopic (exact) mass is 143 g/mol. The molecule has 0 saturated carbocycles. The second-order valence-corrected chi connectivity index (χ2v) is 2.09. The van der Waals surface area contributed by atoms with E-state index in [1.54, 1.807) is 13.8 Å². The van der Waals surface area contributed by atoms with Gasteiger partial charge >= 0.3 is 0 Å². The third-order valence-corrected chi connectivity index (χ3v) is 1.20. The zero-order valence-electron chi connectivity index (χ0n) is 6.35. The molecular weight excluding hydrogens is 130 g/mol. The first-order valence-electron chi connectivity index (χ1n) is 3.22. The van der Waals surface area contributed by atoms with Gasteiger partial charge in [-0.15, -0.1) is 0 Å². The number of aliphatic hydroxyl groups is 1. The molecule has 0 aliphatic carbocycles. The van der Waals surface area contributed by atoms with Gasteiger partial charge in [0.2, 0.25) is 0 Å². The maximum absolute atomic E-state index is 9.84. The normalized spacial score (nSPS) is 12.2. The number of aliphatic hydroxyl groups excluding tert-OH is 1.